The van der Waals surface area contributed by atoms with E-state index >= 15 is 0 Å². The first-order valence-corrected chi connectivity index (χ1v) is 7.13. The van der Waals surface area contributed by atoms with Gasteiger partial charge >= 0.3 is 0 Å². The maximum absolute atomic E-state index is 10.4. The molecule has 0 aromatic rings. The van der Waals surface area contributed by atoms with E-state index in [-0.39, 0.29) is 28.5 Å². The second kappa shape index (κ2) is 3.08. The van der Waals surface area contributed by atoms with E-state index in [1.165, 1.54) is 0 Å². The number of hydrogen-bond acceptors (Lipinski definition) is 2. The summed E-state index contributed by atoms with van der Waals surface area (Å²) in [6.07, 6.45) is 3.66. The summed E-state index contributed by atoms with van der Waals surface area (Å²) in [5.41, 5.74) is 0.653. The zero-order valence-corrected chi connectivity index (χ0v) is 11.5. The molecular formula is C15H26O2. The molecule has 6 atom stereocenters. The summed E-state index contributed by atoms with van der Waals surface area (Å²) in [6.45, 7) is 9.34. The third-order valence-electron chi connectivity index (χ3n) is 7.24. The number of hydrogen-bond donors (Lipinski definition) is 2. The van der Waals surface area contributed by atoms with Crippen LogP contribution in [-0.4, -0.2) is 22.4 Å². The van der Waals surface area contributed by atoms with Crippen LogP contribution in [0.25, 0.3) is 0 Å². The molecule has 0 spiro atoms. The van der Waals surface area contributed by atoms with Crippen molar-refractivity contribution in [2.45, 2.75) is 65.6 Å². The Bertz CT molecular complexity index is 349. The molecule has 3 rings (SSSR count). The van der Waals surface area contributed by atoms with Crippen LogP contribution < -0.4 is 0 Å². The smallest absolute Gasteiger partial charge is 0.0579 e. The number of rotatable bonds is 0. The van der Waals surface area contributed by atoms with Gasteiger partial charge in [0.25, 0.3) is 0 Å². The van der Waals surface area contributed by atoms with Crippen molar-refractivity contribution in [3.8, 4) is 0 Å². The van der Waals surface area contributed by atoms with Crippen LogP contribution in [0.15, 0.2) is 0 Å². The van der Waals surface area contributed by atoms with Crippen LogP contribution in [-0.2, 0) is 0 Å². The molecule has 2 heteroatoms. The molecule has 98 valence electrons. The Kier molecular flexibility index (Phi) is 2.17. The van der Waals surface area contributed by atoms with Crippen LogP contribution in [0.2, 0.25) is 0 Å². The van der Waals surface area contributed by atoms with Crippen molar-refractivity contribution in [1.29, 1.82) is 0 Å². The van der Waals surface area contributed by atoms with Gasteiger partial charge in [-0.1, -0.05) is 27.7 Å². The highest BCUT2D eigenvalue weighted by atomic mass is 16.3. The predicted molar refractivity (Wildman–Crippen MR) is 67.5 cm³/mol. The van der Waals surface area contributed by atoms with Crippen molar-refractivity contribution in [1.82, 2.24) is 0 Å². The summed E-state index contributed by atoms with van der Waals surface area (Å²) in [4.78, 5) is 0. The van der Waals surface area contributed by atoms with E-state index in [9.17, 15) is 10.2 Å². The molecule has 3 aliphatic rings. The van der Waals surface area contributed by atoms with Gasteiger partial charge in [-0.25, -0.2) is 0 Å². The van der Waals surface area contributed by atoms with Gasteiger partial charge in [0.2, 0.25) is 0 Å². The van der Waals surface area contributed by atoms with E-state index in [4.69, 9.17) is 0 Å². The Morgan fingerprint density at radius 3 is 2.18 bits per heavy atom. The zero-order chi connectivity index (χ0) is 12.6. The molecular weight excluding hydrogens is 212 g/mol. The molecule has 0 aromatic carbocycles. The lowest BCUT2D eigenvalue weighted by molar-refractivity contribution is 0.0266. The van der Waals surface area contributed by atoms with Crippen molar-refractivity contribution in [3.05, 3.63) is 0 Å². The first-order chi connectivity index (χ1) is 7.77. The molecule has 2 N–H and O–H groups in total. The Hall–Kier alpha value is -0.0800. The first kappa shape index (κ1) is 12.0. The summed E-state index contributed by atoms with van der Waals surface area (Å²) in [5, 5.41) is 20.6. The summed E-state index contributed by atoms with van der Waals surface area (Å²) in [7, 11) is 0. The molecule has 0 amide bonds. The Labute approximate surface area is 104 Å². The van der Waals surface area contributed by atoms with Gasteiger partial charge in [-0.15, -0.1) is 0 Å². The largest absolute Gasteiger partial charge is 0.393 e. The third-order valence-corrected chi connectivity index (χ3v) is 7.24. The summed E-state index contributed by atoms with van der Waals surface area (Å²) in [5.74, 6) is 0.823. The normalized spacial score (nSPS) is 60.4. The minimum atomic E-state index is -0.162. The summed E-state index contributed by atoms with van der Waals surface area (Å²) >= 11 is 0. The maximum atomic E-state index is 10.4. The highest BCUT2D eigenvalue weighted by molar-refractivity contribution is 5.26. The standard InChI is InChI=1S/C15H26O2/c1-13(2)12-11(17)6-5-9-10(16)7-8-14(9,3)15(12,13)4/h9-12,16-17H,5-8H2,1-4H3. The fraction of sp³-hybridized carbons (Fsp3) is 1.00. The van der Waals surface area contributed by atoms with Gasteiger partial charge in [0.05, 0.1) is 12.2 Å². The maximum Gasteiger partial charge on any atom is 0.0579 e. The SMILES string of the molecule is CC1(C)C2C(O)CCC3C(O)CCC3(C)C21C. The van der Waals surface area contributed by atoms with E-state index in [1.807, 2.05) is 0 Å². The fourth-order valence-corrected chi connectivity index (χ4v) is 5.91. The Morgan fingerprint density at radius 2 is 1.53 bits per heavy atom. The number of aliphatic hydroxyl groups excluding tert-OH is 2. The van der Waals surface area contributed by atoms with Crippen molar-refractivity contribution < 1.29 is 10.2 Å². The first-order valence-electron chi connectivity index (χ1n) is 7.13. The van der Waals surface area contributed by atoms with Crippen molar-refractivity contribution in [2.24, 2.45) is 28.1 Å². The van der Waals surface area contributed by atoms with Crippen LogP contribution in [0.4, 0.5) is 0 Å². The fourth-order valence-electron chi connectivity index (χ4n) is 5.91. The molecule has 3 aliphatic carbocycles. The molecule has 6 unspecified atom stereocenters. The van der Waals surface area contributed by atoms with Crippen LogP contribution in [0.3, 0.4) is 0 Å². The lowest BCUT2D eigenvalue weighted by Gasteiger charge is -2.40. The van der Waals surface area contributed by atoms with Crippen LogP contribution in [0.5, 0.6) is 0 Å². The summed E-state index contributed by atoms with van der Waals surface area (Å²) < 4.78 is 0. The summed E-state index contributed by atoms with van der Waals surface area (Å²) in [6, 6.07) is 0. The van der Waals surface area contributed by atoms with Gasteiger partial charge in [0.1, 0.15) is 0 Å². The molecule has 0 aliphatic heterocycles. The molecule has 0 aromatic heterocycles. The molecule has 2 nitrogen and oxygen atoms in total. The molecule has 0 radical (unpaired) electrons. The van der Waals surface area contributed by atoms with E-state index in [1.54, 1.807) is 0 Å². The lowest BCUT2D eigenvalue weighted by Crippen LogP contribution is -2.37. The quantitative estimate of drug-likeness (QED) is 0.681. The average molecular weight is 238 g/mol. The van der Waals surface area contributed by atoms with Crippen LogP contribution in [0, 0.1) is 28.1 Å². The second-order valence-corrected chi connectivity index (χ2v) is 7.68. The van der Waals surface area contributed by atoms with E-state index in [0.29, 0.717) is 11.8 Å². The average Bonchev–Trinajstić information content (AvgIpc) is 2.56. The van der Waals surface area contributed by atoms with Gasteiger partial charge < -0.3 is 10.2 Å². The van der Waals surface area contributed by atoms with Gasteiger partial charge in [-0.05, 0) is 53.8 Å². The van der Waals surface area contributed by atoms with Gasteiger partial charge in [0.15, 0.2) is 0 Å². The Balaban J connectivity index is 2.06. The van der Waals surface area contributed by atoms with Crippen molar-refractivity contribution in [3.63, 3.8) is 0 Å². The molecule has 0 bridgehead atoms. The van der Waals surface area contributed by atoms with E-state index < -0.39 is 0 Å². The third kappa shape index (κ3) is 1.10. The Morgan fingerprint density at radius 1 is 0.882 bits per heavy atom. The monoisotopic (exact) mass is 238 g/mol. The molecule has 0 heterocycles. The number of fused-ring (bicyclic) bond motifs is 3. The minimum Gasteiger partial charge on any atom is -0.393 e. The highest BCUT2D eigenvalue weighted by Gasteiger charge is 2.79. The molecule has 0 saturated heterocycles. The second-order valence-electron chi connectivity index (χ2n) is 7.68. The molecule has 17 heavy (non-hydrogen) atoms. The minimum absolute atomic E-state index is 0.140. The molecule has 3 fully saturated rings. The van der Waals surface area contributed by atoms with Gasteiger partial charge in [-0.3, -0.25) is 0 Å². The van der Waals surface area contributed by atoms with Crippen molar-refractivity contribution in [2.75, 3.05) is 0 Å². The highest BCUT2D eigenvalue weighted by Crippen LogP contribution is 2.82. The molecule has 3 saturated carbocycles. The van der Waals surface area contributed by atoms with Crippen molar-refractivity contribution >= 4 is 0 Å². The zero-order valence-electron chi connectivity index (χ0n) is 11.5. The van der Waals surface area contributed by atoms with E-state index in [2.05, 4.69) is 27.7 Å². The lowest BCUT2D eigenvalue weighted by atomic mass is 9.64. The number of aliphatic hydroxyl groups is 2. The predicted octanol–water partition coefficient (Wildman–Crippen LogP) is 2.58. The van der Waals surface area contributed by atoms with Gasteiger partial charge in [-0.2, -0.15) is 0 Å². The van der Waals surface area contributed by atoms with Gasteiger partial charge in [0, 0.05) is 0 Å². The van der Waals surface area contributed by atoms with Crippen LogP contribution >= 0.6 is 0 Å². The topological polar surface area (TPSA) is 40.5 Å². The van der Waals surface area contributed by atoms with E-state index in [0.717, 1.165) is 25.7 Å². The van der Waals surface area contributed by atoms with Crippen LogP contribution in [0.1, 0.15) is 53.4 Å².